The molecule has 0 aromatic carbocycles. The molecule has 0 spiro atoms. The normalized spacial score (nSPS) is 12.4. The maximum atomic E-state index is 11.5. The van der Waals surface area contributed by atoms with Gasteiger partial charge in [0.25, 0.3) is 0 Å². The van der Waals surface area contributed by atoms with Gasteiger partial charge in [0.1, 0.15) is 5.76 Å². The van der Waals surface area contributed by atoms with Gasteiger partial charge in [0.2, 0.25) is 5.91 Å². The summed E-state index contributed by atoms with van der Waals surface area (Å²) < 4.78 is 5.24. The molecule has 0 saturated heterocycles. The van der Waals surface area contributed by atoms with E-state index >= 15 is 0 Å². The summed E-state index contributed by atoms with van der Waals surface area (Å²) in [5.74, 6) is 1.03. The van der Waals surface area contributed by atoms with Gasteiger partial charge in [-0.1, -0.05) is 6.92 Å². The van der Waals surface area contributed by atoms with E-state index < -0.39 is 0 Å². The van der Waals surface area contributed by atoms with E-state index in [0.29, 0.717) is 6.54 Å². The Morgan fingerprint density at radius 2 is 2.35 bits per heavy atom. The number of amides is 1. The van der Waals surface area contributed by atoms with Gasteiger partial charge in [0.05, 0.1) is 12.8 Å². The molecular weight excluding hydrogens is 216 g/mol. The SMILES string of the molecule is CCCNCC(=O)NC(C)CCc1ccco1. The van der Waals surface area contributed by atoms with Crippen molar-refractivity contribution in [1.82, 2.24) is 10.6 Å². The van der Waals surface area contributed by atoms with Crippen LogP contribution in [0.5, 0.6) is 0 Å². The molecule has 1 aromatic rings. The second-order valence-corrected chi connectivity index (χ2v) is 4.26. The van der Waals surface area contributed by atoms with Crippen molar-refractivity contribution < 1.29 is 9.21 Å². The molecule has 96 valence electrons. The van der Waals surface area contributed by atoms with E-state index in [1.165, 1.54) is 0 Å². The van der Waals surface area contributed by atoms with Gasteiger partial charge in [-0.3, -0.25) is 4.79 Å². The van der Waals surface area contributed by atoms with Gasteiger partial charge < -0.3 is 15.1 Å². The molecule has 0 saturated carbocycles. The van der Waals surface area contributed by atoms with Gasteiger partial charge in [-0.2, -0.15) is 0 Å². The molecule has 0 aliphatic rings. The lowest BCUT2D eigenvalue weighted by molar-refractivity contribution is -0.120. The van der Waals surface area contributed by atoms with Crippen LogP contribution in [-0.4, -0.2) is 25.0 Å². The van der Waals surface area contributed by atoms with Crippen molar-refractivity contribution in [2.45, 2.75) is 39.2 Å². The Labute approximate surface area is 103 Å². The van der Waals surface area contributed by atoms with Crippen molar-refractivity contribution in [1.29, 1.82) is 0 Å². The minimum atomic E-state index is 0.0606. The molecule has 1 atom stereocenters. The lowest BCUT2D eigenvalue weighted by atomic mass is 10.1. The van der Waals surface area contributed by atoms with Gasteiger partial charge in [-0.25, -0.2) is 0 Å². The van der Waals surface area contributed by atoms with Crippen LogP contribution in [0.25, 0.3) is 0 Å². The van der Waals surface area contributed by atoms with Gasteiger partial charge in [0, 0.05) is 12.5 Å². The highest BCUT2D eigenvalue weighted by Gasteiger charge is 2.07. The lowest BCUT2D eigenvalue weighted by Gasteiger charge is -2.13. The van der Waals surface area contributed by atoms with Gasteiger partial charge >= 0.3 is 0 Å². The van der Waals surface area contributed by atoms with Crippen molar-refractivity contribution in [2.24, 2.45) is 0 Å². The molecule has 0 aliphatic heterocycles. The molecule has 1 heterocycles. The topological polar surface area (TPSA) is 54.3 Å². The Hall–Kier alpha value is -1.29. The zero-order valence-corrected chi connectivity index (χ0v) is 10.7. The molecule has 0 fully saturated rings. The van der Waals surface area contributed by atoms with Crippen LogP contribution in [0.3, 0.4) is 0 Å². The predicted molar refractivity (Wildman–Crippen MR) is 67.8 cm³/mol. The van der Waals surface area contributed by atoms with Crippen molar-refractivity contribution in [3.05, 3.63) is 24.2 Å². The van der Waals surface area contributed by atoms with E-state index in [-0.39, 0.29) is 11.9 Å². The number of hydrogen-bond donors (Lipinski definition) is 2. The first-order valence-electron chi connectivity index (χ1n) is 6.24. The van der Waals surface area contributed by atoms with Crippen LogP contribution in [0.2, 0.25) is 0 Å². The van der Waals surface area contributed by atoms with E-state index in [1.807, 2.05) is 19.1 Å². The number of furan rings is 1. The third-order valence-electron chi connectivity index (χ3n) is 2.52. The van der Waals surface area contributed by atoms with Crippen LogP contribution < -0.4 is 10.6 Å². The third-order valence-corrected chi connectivity index (χ3v) is 2.52. The summed E-state index contributed by atoms with van der Waals surface area (Å²) in [7, 11) is 0. The fourth-order valence-corrected chi connectivity index (χ4v) is 1.59. The van der Waals surface area contributed by atoms with Crippen LogP contribution in [0.4, 0.5) is 0 Å². The monoisotopic (exact) mass is 238 g/mol. The van der Waals surface area contributed by atoms with Crippen molar-refractivity contribution in [2.75, 3.05) is 13.1 Å². The second-order valence-electron chi connectivity index (χ2n) is 4.26. The zero-order chi connectivity index (χ0) is 12.5. The van der Waals surface area contributed by atoms with Crippen molar-refractivity contribution in [3.63, 3.8) is 0 Å². The fraction of sp³-hybridized carbons (Fsp3) is 0.615. The van der Waals surface area contributed by atoms with Crippen molar-refractivity contribution >= 4 is 5.91 Å². The maximum Gasteiger partial charge on any atom is 0.234 e. The summed E-state index contributed by atoms with van der Waals surface area (Å²) in [6.07, 6.45) is 4.47. The molecular formula is C13H22N2O2. The van der Waals surface area contributed by atoms with Crippen LogP contribution in [0.15, 0.2) is 22.8 Å². The lowest BCUT2D eigenvalue weighted by Crippen LogP contribution is -2.39. The van der Waals surface area contributed by atoms with Gasteiger partial charge in [0.15, 0.2) is 0 Å². The Bertz CT molecular complexity index is 309. The molecule has 1 rings (SSSR count). The molecule has 4 heteroatoms. The van der Waals surface area contributed by atoms with E-state index in [0.717, 1.165) is 31.6 Å². The highest BCUT2D eigenvalue weighted by atomic mass is 16.3. The van der Waals surface area contributed by atoms with Crippen LogP contribution in [0.1, 0.15) is 32.4 Å². The molecule has 4 nitrogen and oxygen atoms in total. The number of carbonyl (C=O) groups excluding carboxylic acids is 1. The summed E-state index contributed by atoms with van der Waals surface area (Å²) in [6, 6.07) is 4.01. The Morgan fingerprint density at radius 3 is 3.00 bits per heavy atom. The molecule has 2 N–H and O–H groups in total. The molecule has 0 radical (unpaired) electrons. The standard InChI is InChI=1S/C13H22N2O2/c1-3-8-14-10-13(16)15-11(2)6-7-12-5-4-9-17-12/h4-5,9,11,14H,3,6-8,10H2,1-2H3,(H,15,16). The summed E-state index contributed by atoms with van der Waals surface area (Å²) in [6.45, 7) is 5.38. The average Bonchev–Trinajstić information content (AvgIpc) is 2.79. The smallest absolute Gasteiger partial charge is 0.234 e. The van der Waals surface area contributed by atoms with Gasteiger partial charge in [-0.05, 0) is 38.4 Å². The first-order valence-corrected chi connectivity index (χ1v) is 6.24. The maximum absolute atomic E-state index is 11.5. The summed E-state index contributed by atoms with van der Waals surface area (Å²) in [5, 5.41) is 6.04. The van der Waals surface area contributed by atoms with Crippen LogP contribution in [0, 0.1) is 0 Å². The molecule has 0 aliphatic carbocycles. The number of rotatable bonds is 8. The summed E-state index contributed by atoms with van der Waals surface area (Å²) in [5.41, 5.74) is 0. The molecule has 1 unspecified atom stereocenters. The predicted octanol–water partition coefficient (Wildman–Crippen LogP) is 1.72. The Kier molecular flexibility index (Phi) is 6.40. The number of aryl methyl sites for hydroxylation is 1. The van der Waals surface area contributed by atoms with E-state index in [1.54, 1.807) is 6.26 Å². The second kappa shape index (κ2) is 7.90. The first kappa shape index (κ1) is 13.8. The van der Waals surface area contributed by atoms with E-state index in [9.17, 15) is 4.79 Å². The largest absolute Gasteiger partial charge is 0.469 e. The highest BCUT2D eigenvalue weighted by Crippen LogP contribution is 2.05. The van der Waals surface area contributed by atoms with E-state index in [4.69, 9.17) is 4.42 Å². The Balaban J connectivity index is 2.11. The fourth-order valence-electron chi connectivity index (χ4n) is 1.59. The number of carbonyl (C=O) groups is 1. The number of hydrogen-bond acceptors (Lipinski definition) is 3. The molecule has 17 heavy (non-hydrogen) atoms. The molecule has 1 amide bonds. The highest BCUT2D eigenvalue weighted by molar-refractivity contribution is 5.78. The first-order chi connectivity index (χ1) is 8.22. The minimum Gasteiger partial charge on any atom is -0.469 e. The van der Waals surface area contributed by atoms with Crippen molar-refractivity contribution in [3.8, 4) is 0 Å². The number of nitrogens with one attached hydrogen (secondary N) is 2. The molecule has 0 bridgehead atoms. The molecule has 1 aromatic heterocycles. The van der Waals surface area contributed by atoms with Gasteiger partial charge in [-0.15, -0.1) is 0 Å². The third kappa shape index (κ3) is 6.12. The zero-order valence-electron chi connectivity index (χ0n) is 10.7. The summed E-state index contributed by atoms with van der Waals surface area (Å²) in [4.78, 5) is 11.5. The minimum absolute atomic E-state index is 0.0606. The van der Waals surface area contributed by atoms with E-state index in [2.05, 4.69) is 17.6 Å². The van der Waals surface area contributed by atoms with Crippen LogP contribution in [-0.2, 0) is 11.2 Å². The summed E-state index contributed by atoms with van der Waals surface area (Å²) >= 11 is 0. The van der Waals surface area contributed by atoms with Crippen LogP contribution >= 0.6 is 0 Å². The Morgan fingerprint density at radius 1 is 1.53 bits per heavy atom. The average molecular weight is 238 g/mol. The quantitative estimate of drug-likeness (QED) is 0.678.